The first-order valence-electron chi connectivity index (χ1n) is 3.35. The summed E-state index contributed by atoms with van der Waals surface area (Å²) in [5, 5.41) is 9.23. The van der Waals surface area contributed by atoms with Gasteiger partial charge < -0.3 is 14.6 Å². The Hall–Kier alpha value is -0.740. The number of hydrogen-bond donors (Lipinski definition) is 1. The standard InChI is InChI=1S/C8H9BrO3/c1-11-5-12-7-4-2-3-6(10)8(7)9/h2-4,10H,5H2,1H3. The van der Waals surface area contributed by atoms with Crippen LogP contribution in [0.4, 0.5) is 0 Å². The van der Waals surface area contributed by atoms with Crippen molar-refractivity contribution in [3.63, 3.8) is 0 Å². The second-order valence-electron chi connectivity index (χ2n) is 2.14. The van der Waals surface area contributed by atoms with Gasteiger partial charge in [-0.25, -0.2) is 0 Å². The second kappa shape index (κ2) is 4.33. The molecule has 0 aromatic heterocycles. The molecule has 1 aromatic carbocycles. The summed E-state index contributed by atoms with van der Waals surface area (Å²) in [6, 6.07) is 5.01. The molecule has 0 radical (unpaired) electrons. The Morgan fingerprint density at radius 1 is 1.50 bits per heavy atom. The maximum Gasteiger partial charge on any atom is 0.188 e. The molecule has 1 aromatic rings. The van der Waals surface area contributed by atoms with Crippen molar-refractivity contribution in [1.29, 1.82) is 0 Å². The second-order valence-corrected chi connectivity index (χ2v) is 2.93. The Morgan fingerprint density at radius 3 is 2.92 bits per heavy atom. The van der Waals surface area contributed by atoms with Gasteiger partial charge in [0.2, 0.25) is 0 Å². The van der Waals surface area contributed by atoms with Crippen LogP contribution in [0.25, 0.3) is 0 Å². The molecule has 3 nitrogen and oxygen atoms in total. The number of methoxy groups -OCH3 is 1. The summed E-state index contributed by atoms with van der Waals surface area (Å²) in [6.07, 6.45) is 0. The number of phenols is 1. The predicted octanol–water partition coefficient (Wildman–Crippen LogP) is 2.14. The van der Waals surface area contributed by atoms with Crippen LogP contribution in [0.1, 0.15) is 0 Å². The Kier molecular flexibility index (Phi) is 3.37. The fourth-order valence-corrected chi connectivity index (χ4v) is 1.11. The zero-order chi connectivity index (χ0) is 8.97. The van der Waals surface area contributed by atoms with E-state index in [1.54, 1.807) is 18.2 Å². The van der Waals surface area contributed by atoms with Crippen LogP contribution >= 0.6 is 15.9 Å². The maximum atomic E-state index is 9.23. The first-order chi connectivity index (χ1) is 5.75. The largest absolute Gasteiger partial charge is 0.507 e. The molecule has 1 N–H and O–H groups in total. The Balaban J connectivity index is 2.78. The lowest BCUT2D eigenvalue weighted by atomic mass is 10.3. The van der Waals surface area contributed by atoms with Gasteiger partial charge in [-0.05, 0) is 28.1 Å². The summed E-state index contributed by atoms with van der Waals surface area (Å²) < 4.78 is 10.4. The van der Waals surface area contributed by atoms with Gasteiger partial charge in [-0.2, -0.15) is 0 Å². The molecule has 0 unspecified atom stereocenters. The van der Waals surface area contributed by atoms with Crippen LogP contribution in [0.15, 0.2) is 22.7 Å². The minimum Gasteiger partial charge on any atom is -0.507 e. The SMILES string of the molecule is COCOc1cccc(O)c1Br. The third kappa shape index (κ3) is 2.12. The number of halogens is 1. The number of phenolic OH excluding ortho intramolecular Hbond substituents is 1. The first-order valence-corrected chi connectivity index (χ1v) is 4.14. The Bertz CT molecular complexity index is 262. The lowest BCUT2D eigenvalue weighted by Gasteiger charge is -2.06. The molecule has 12 heavy (non-hydrogen) atoms. The minimum absolute atomic E-state index is 0.156. The van der Waals surface area contributed by atoms with E-state index < -0.39 is 0 Å². The number of rotatable bonds is 3. The fourth-order valence-electron chi connectivity index (χ4n) is 0.733. The molecule has 0 saturated carbocycles. The third-order valence-corrected chi connectivity index (χ3v) is 2.07. The van der Waals surface area contributed by atoms with Gasteiger partial charge in [-0.1, -0.05) is 6.07 Å². The smallest absolute Gasteiger partial charge is 0.188 e. The summed E-state index contributed by atoms with van der Waals surface area (Å²) in [7, 11) is 1.54. The highest BCUT2D eigenvalue weighted by molar-refractivity contribution is 9.10. The zero-order valence-corrected chi connectivity index (χ0v) is 8.17. The summed E-state index contributed by atoms with van der Waals surface area (Å²) in [4.78, 5) is 0. The first kappa shape index (κ1) is 9.35. The topological polar surface area (TPSA) is 38.7 Å². The van der Waals surface area contributed by atoms with Crippen molar-refractivity contribution < 1.29 is 14.6 Å². The molecule has 4 heteroatoms. The van der Waals surface area contributed by atoms with Crippen LogP contribution in [-0.4, -0.2) is 19.0 Å². The van der Waals surface area contributed by atoms with Crippen molar-refractivity contribution in [3.05, 3.63) is 22.7 Å². The van der Waals surface area contributed by atoms with Gasteiger partial charge in [-0.15, -0.1) is 0 Å². The fraction of sp³-hybridized carbons (Fsp3) is 0.250. The molecule has 66 valence electrons. The molecule has 0 saturated heterocycles. The van der Waals surface area contributed by atoms with Crippen molar-refractivity contribution >= 4 is 15.9 Å². The number of benzene rings is 1. The van der Waals surface area contributed by atoms with Crippen molar-refractivity contribution in [2.75, 3.05) is 13.9 Å². The lowest BCUT2D eigenvalue weighted by molar-refractivity contribution is 0.0504. The monoisotopic (exact) mass is 232 g/mol. The highest BCUT2D eigenvalue weighted by Crippen LogP contribution is 2.32. The van der Waals surface area contributed by atoms with Crippen LogP contribution in [-0.2, 0) is 4.74 Å². The average molecular weight is 233 g/mol. The van der Waals surface area contributed by atoms with Gasteiger partial charge in [0, 0.05) is 7.11 Å². The van der Waals surface area contributed by atoms with E-state index in [2.05, 4.69) is 15.9 Å². The molecular formula is C8H9BrO3. The molecule has 0 amide bonds. The van der Waals surface area contributed by atoms with Gasteiger partial charge >= 0.3 is 0 Å². The van der Waals surface area contributed by atoms with Crippen LogP contribution < -0.4 is 4.74 Å². The molecular weight excluding hydrogens is 224 g/mol. The van der Waals surface area contributed by atoms with Gasteiger partial charge in [0.1, 0.15) is 16.0 Å². The number of ether oxygens (including phenoxy) is 2. The average Bonchev–Trinajstić information content (AvgIpc) is 2.08. The molecule has 0 aliphatic carbocycles. The van der Waals surface area contributed by atoms with E-state index in [0.717, 1.165) is 0 Å². The summed E-state index contributed by atoms with van der Waals surface area (Å²) in [5.41, 5.74) is 0. The van der Waals surface area contributed by atoms with Crippen molar-refractivity contribution in [1.82, 2.24) is 0 Å². The van der Waals surface area contributed by atoms with Gasteiger partial charge in [0.15, 0.2) is 6.79 Å². The number of hydrogen-bond acceptors (Lipinski definition) is 3. The molecule has 0 fully saturated rings. The van der Waals surface area contributed by atoms with E-state index in [1.807, 2.05) is 0 Å². The predicted molar refractivity (Wildman–Crippen MR) is 48.3 cm³/mol. The van der Waals surface area contributed by atoms with E-state index in [9.17, 15) is 5.11 Å². The van der Waals surface area contributed by atoms with Crippen molar-refractivity contribution in [2.45, 2.75) is 0 Å². The van der Waals surface area contributed by atoms with Gasteiger partial charge in [0.05, 0.1) is 0 Å². The van der Waals surface area contributed by atoms with E-state index in [-0.39, 0.29) is 12.5 Å². The van der Waals surface area contributed by atoms with E-state index >= 15 is 0 Å². The lowest BCUT2D eigenvalue weighted by Crippen LogP contribution is -1.99. The minimum atomic E-state index is 0.156. The molecule has 1 rings (SSSR count). The van der Waals surface area contributed by atoms with Crippen LogP contribution in [0.2, 0.25) is 0 Å². The Morgan fingerprint density at radius 2 is 2.25 bits per heavy atom. The third-order valence-electron chi connectivity index (χ3n) is 1.28. The molecule has 0 aliphatic heterocycles. The molecule has 0 bridgehead atoms. The molecule has 0 heterocycles. The highest BCUT2D eigenvalue weighted by atomic mass is 79.9. The quantitative estimate of drug-likeness (QED) is 0.813. The van der Waals surface area contributed by atoms with Crippen LogP contribution in [0.5, 0.6) is 11.5 Å². The van der Waals surface area contributed by atoms with Crippen molar-refractivity contribution in [3.8, 4) is 11.5 Å². The molecule has 0 atom stereocenters. The van der Waals surface area contributed by atoms with Crippen LogP contribution in [0, 0.1) is 0 Å². The summed E-state index contributed by atoms with van der Waals surface area (Å²) >= 11 is 3.18. The van der Waals surface area contributed by atoms with Crippen LogP contribution in [0.3, 0.4) is 0 Å². The van der Waals surface area contributed by atoms with E-state index in [4.69, 9.17) is 9.47 Å². The van der Waals surface area contributed by atoms with Gasteiger partial charge in [-0.3, -0.25) is 0 Å². The van der Waals surface area contributed by atoms with E-state index in [0.29, 0.717) is 10.2 Å². The van der Waals surface area contributed by atoms with E-state index in [1.165, 1.54) is 7.11 Å². The number of aromatic hydroxyl groups is 1. The van der Waals surface area contributed by atoms with Crippen molar-refractivity contribution in [2.24, 2.45) is 0 Å². The normalized spacial score (nSPS) is 9.83. The maximum absolute atomic E-state index is 9.23. The summed E-state index contributed by atoms with van der Waals surface area (Å²) in [6.45, 7) is 0.169. The van der Waals surface area contributed by atoms with Gasteiger partial charge in [0.25, 0.3) is 0 Å². The molecule has 0 spiro atoms. The zero-order valence-electron chi connectivity index (χ0n) is 6.58. The highest BCUT2D eigenvalue weighted by Gasteiger charge is 2.03. The molecule has 0 aliphatic rings. The Labute approximate surface area is 79.1 Å². The summed E-state index contributed by atoms with van der Waals surface area (Å²) in [5.74, 6) is 0.723.